The van der Waals surface area contributed by atoms with Gasteiger partial charge in [0.2, 0.25) is 5.43 Å². The van der Waals surface area contributed by atoms with Gasteiger partial charge in [-0.3, -0.25) is 4.79 Å². The molecule has 28 heavy (non-hydrogen) atoms. The molecule has 0 saturated carbocycles. The molecule has 2 aromatic heterocycles. The smallest absolute Gasteiger partial charge is 0.202 e. The summed E-state index contributed by atoms with van der Waals surface area (Å²) in [6.45, 7) is 4.20. The molecule has 4 rings (SSSR count). The molecule has 0 atom stereocenters. The van der Waals surface area contributed by atoms with E-state index < -0.39 is 0 Å². The quantitative estimate of drug-likeness (QED) is 0.447. The van der Waals surface area contributed by atoms with Gasteiger partial charge in [-0.15, -0.1) is 11.3 Å². The summed E-state index contributed by atoms with van der Waals surface area (Å²) >= 11 is 1.42. The first kappa shape index (κ1) is 18.4. The Bertz CT molecular complexity index is 1190. The van der Waals surface area contributed by atoms with Gasteiger partial charge in [0.25, 0.3) is 0 Å². The Morgan fingerprint density at radius 1 is 1.21 bits per heavy atom. The maximum Gasteiger partial charge on any atom is 0.202 e. The third kappa shape index (κ3) is 3.55. The van der Waals surface area contributed by atoms with Crippen LogP contribution in [0.15, 0.2) is 57.3 Å². The summed E-state index contributed by atoms with van der Waals surface area (Å²) in [5, 5.41) is 3.07. The lowest BCUT2D eigenvalue weighted by Crippen LogP contribution is -2.06. The Kier molecular flexibility index (Phi) is 4.96. The van der Waals surface area contributed by atoms with Crippen LogP contribution in [-0.4, -0.2) is 4.98 Å². The van der Waals surface area contributed by atoms with Gasteiger partial charge in [-0.25, -0.2) is 9.37 Å². The lowest BCUT2D eigenvalue weighted by Gasteiger charge is -2.12. The fourth-order valence-electron chi connectivity index (χ4n) is 2.98. The fourth-order valence-corrected chi connectivity index (χ4v) is 3.78. The van der Waals surface area contributed by atoms with Gasteiger partial charge < -0.3 is 9.15 Å². The topological polar surface area (TPSA) is 52.3 Å². The zero-order chi connectivity index (χ0) is 19.7. The van der Waals surface area contributed by atoms with E-state index >= 15 is 0 Å². The summed E-state index contributed by atoms with van der Waals surface area (Å²) in [5.74, 6) is 0.372. The van der Waals surface area contributed by atoms with Gasteiger partial charge in [0.15, 0.2) is 0 Å². The van der Waals surface area contributed by atoms with Crippen LogP contribution < -0.4 is 10.2 Å². The van der Waals surface area contributed by atoms with Crippen LogP contribution in [0.25, 0.3) is 21.5 Å². The number of fused-ring (bicyclic) bond motifs is 1. The third-order valence-electron chi connectivity index (χ3n) is 4.49. The van der Waals surface area contributed by atoms with Crippen LogP contribution in [0.3, 0.4) is 0 Å². The monoisotopic (exact) mass is 395 g/mol. The molecule has 142 valence electrons. The number of aryl methyl sites for hydroxylation is 2. The first-order valence-electron chi connectivity index (χ1n) is 8.93. The van der Waals surface area contributed by atoms with E-state index in [1.165, 1.54) is 29.7 Å². The van der Waals surface area contributed by atoms with Crippen molar-refractivity contribution in [3.63, 3.8) is 0 Å². The van der Waals surface area contributed by atoms with Crippen molar-refractivity contribution < 1.29 is 13.5 Å². The van der Waals surface area contributed by atoms with Gasteiger partial charge in [-0.1, -0.05) is 19.1 Å². The molecule has 0 unspecified atom stereocenters. The predicted octanol–water partition coefficient (Wildman–Crippen LogP) is 5.51. The zero-order valence-electron chi connectivity index (χ0n) is 15.5. The number of ether oxygens (including phenoxy) is 1. The van der Waals surface area contributed by atoms with E-state index in [2.05, 4.69) is 4.98 Å². The Hall–Kier alpha value is -2.99. The SMILES string of the molecule is CCc1cc2c(=O)c(-c3nc(C)cs3)coc2cc1OCc1ccc(F)cc1. The average molecular weight is 395 g/mol. The number of halogens is 1. The van der Waals surface area contributed by atoms with Crippen molar-refractivity contribution in [1.82, 2.24) is 4.98 Å². The highest BCUT2D eigenvalue weighted by Crippen LogP contribution is 2.29. The lowest BCUT2D eigenvalue weighted by atomic mass is 10.1. The van der Waals surface area contributed by atoms with Crippen LogP contribution in [-0.2, 0) is 13.0 Å². The standard InChI is InChI=1S/C22H18FNO3S/c1-3-15-8-17-20(9-19(15)26-10-14-4-6-16(23)7-5-14)27-11-18(21(17)25)22-24-13(2)12-28-22/h4-9,11-12H,3,10H2,1-2H3. The van der Waals surface area contributed by atoms with Gasteiger partial charge in [0.1, 0.15) is 35.0 Å². The molecule has 0 bridgehead atoms. The number of nitrogens with zero attached hydrogens (tertiary/aromatic N) is 1. The van der Waals surface area contributed by atoms with Gasteiger partial charge in [0, 0.05) is 17.1 Å². The minimum atomic E-state index is -0.281. The number of rotatable bonds is 5. The molecule has 0 N–H and O–H groups in total. The molecular weight excluding hydrogens is 377 g/mol. The normalized spacial score (nSPS) is 11.1. The summed E-state index contributed by atoms with van der Waals surface area (Å²) in [7, 11) is 0. The van der Waals surface area contributed by atoms with Crippen LogP contribution >= 0.6 is 11.3 Å². The average Bonchev–Trinajstić information content (AvgIpc) is 3.13. The van der Waals surface area contributed by atoms with Crippen LogP contribution in [0.1, 0.15) is 23.7 Å². The van der Waals surface area contributed by atoms with Crippen molar-refractivity contribution >= 4 is 22.3 Å². The molecule has 6 heteroatoms. The van der Waals surface area contributed by atoms with Crippen LogP contribution in [0.4, 0.5) is 4.39 Å². The maximum atomic E-state index is 13.1. The fraction of sp³-hybridized carbons (Fsp3) is 0.182. The second kappa shape index (κ2) is 7.56. The summed E-state index contributed by atoms with van der Waals surface area (Å²) in [4.78, 5) is 17.3. The van der Waals surface area contributed by atoms with Gasteiger partial charge in [-0.2, -0.15) is 0 Å². The molecule has 0 aliphatic carbocycles. The third-order valence-corrected chi connectivity index (χ3v) is 5.49. The van der Waals surface area contributed by atoms with Crippen molar-refractivity contribution in [3.05, 3.63) is 80.9 Å². The van der Waals surface area contributed by atoms with Crippen molar-refractivity contribution in [3.8, 4) is 16.3 Å². The van der Waals surface area contributed by atoms with E-state index in [0.717, 1.165) is 16.8 Å². The van der Waals surface area contributed by atoms with E-state index in [-0.39, 0.29) is 11.2 Å². The van der Waals surface area contributed by atoms with Crippen LogP contribution in [0.2, 0.25) is 0 Å². The molecule has 0 amide bonds. The molecule has 2 heterocycles. The maximum absolute atomic E-state index is 13.1. The first-order chi connectivity index (χ1) is 13.5. The molecular formula is C22H18FNO3S. The van der Waals surface area contributed by atoms with E-state index in [1.54, 1.807) is 18.2 Å². The number of aromatic nitrogens is 1. The summed E-state index contributed by atoms with van der Waals surface area (Å²) in [5.41, 5.74) is 3.48. The van der Waals surface area contributed by atoms with E-state index in [1.807, 2.05) is 25.3 Å². The minimum absolute atomic E-state index is 0.101. The highest BCUT2D eigenvalue weighted by Gasteiger charge is 2.15. The number of benzene rings is 2. The van der Waals surface area contributed by atoms with Crippen molar-refractivity contribution in [2.75, 3.05) is 0 Å². The largest absolute Gasteiger partial charge is 0.488 e. The first-order valence-corrected chi connectivity index (χ1v) is 9.81. The van der Waals surface area contributed by atoms with Crippen molar-refractivity contribution in [2.24, 2.45) is 0 Å². The summed E-state index contributed by atoms with van der Waals surface area (Å²) in [6, 6.07) is 9.75. The Balaban J connectivity index is 1.71. The zero-order valence-corrected chi connectivity index (χ0v) is 16.3. The van der Waals surface area contributed by atoms with E-state index in [0.29, 0.717) is 40.3 Å². The molecule has 0 radical (unpaired) electrons. The molecule has 0 aliphatic rings. The summed E-state index contributed by atoms with van der Waals surface area (Å²) in [6.07, 6.45) is 2.16. The molecule has 4 aromatic rings. The summed E-state index contributed by atoms with van der Waals surface area (Å²) < 4.78 is 24.7. The molecule has 0 aliphatic heterocycles. The van der Waals surface area contributed by atoms with E-state index in [4.69, 9.17) is 9.15 Å². The molecule has 0 spiro atoms. The number of hydrogen-bond acceptors (Lipinski definition) is 5. The van der Waals surface area contributed by atoms with Crippen molar-refractivity contribution in [1.29, 1.82) is 0 Å². The lowest BCUT2D eigenvalue weighted by molar-refractivity contribution is 0.303. The highest BCUT2D eigenvalue weighted by atomic mass is 32.1. The highest BCUT2D eigenvalue weighted by molar-refractivity contribution is 7.13. The van der Waals surface area contributed by atoms with E-state index in [9.17, 15) is 9.18 Å². The number of hydrogen-bond donors (Lipinski definition) is 0. The van der Waals surface area contributed by atoms with Crippen LogP contribution in [0.5, 0.6) is 5.75 Å². The molecule has 4 nitrogen and oxygen atoms in total. The Labute approximate surface area is 165 Å². The van der Waals surface area contributed by atoms with Gasteiger partial charge >= 0.3 is 0 Å². The second-order valence-electron chi connectivity index (χ2n) is 6.50. The molecule has 0 fully saturated rings. The van der Waals surface area contributed by atoms with Gasteiger partial charge in [-0.05, 0) is 42.7 Å². The molecule has 0 saturated heterocycles. The predicted molar refractivity (Wildman–Crippen MR) is 108 cm³/mol. The Morgan fingerprint density at radius 2 is 2.00 bits per heavy atom. The van der Waals surface area contributed by atoms with Crippen LogP contribution in [0, 0.1) is 12.7 Å². The van der Waals surface area contributed by atoms with Gasteiger partial charge in [0.05, 0.1) is 10.9 Å². The number of thiazole rings is 1. The molecule has 2 aromatic carbocycles. The second-order valence-corrected chi connectivity index (χ2v) is 7.36. The minimum Gasteiger partial charge on any atom is -0.488 e. The Morgan fingerprint density at radius 3 is 2.68 bits per heavy atom. The van der Waals surface area contributed by atoms with Crippen molar-refractivity contribution in [2.45, 2.75) is 26.9 Å².